The number of methoxy groups -OCH3 is 4. The number of hydrogen-bond donors (Lipinski definition) is 1. The molecule has 0 atom stereocenters. The van der Waals surface area contributed by atoms with E-state index in [1.165, 1.54) is 21.3 Å². The van der Waals surface area contributed by atoms with Gasteiger partial charge in [0.1, 0.15) is 11.3 Å². The Hall–Kier alpha value is -3.35. The van der Waals surface area contributed by atoms with E-state index >= 15 is 0 Å². The SMILES string of the molecule is COc1cc2oc(-c3cc(OC)c(OC)c(OC)c3)c(O)c(=O)c2cc1C(C)(C)C. The normalized spacial score (nSPS) is 11.4. The molecule has 1 aromatic heterocycles. The fourth-order valence-electron chi connectivity index (χ4n) is 3.37. The van der Waals surface area contributed by atoms with E-state index in [-0.39, 0.29) is 16.6 Å². The summed E-state index contributed by atoms with van der Waals surface area (Å²) in [5, 5.41) is 10.9. The van der Waals surface area contributed by atoms with Gasteiger partial charge in [-0.05, 0) is 23.6 Å². The molecular formula is C23H26O7. The average molecular weight is 414 g/mol. The van der Waals surface area contributed by atoms with Gasteiger partial charge < -0.3 is 28.5 Å². The molecule has 0 aliphatic heterocycles. The van der Waals surface area contributed by atoms with Crippen molar-refractivity contribution < 1.29 is 28.5 Å². The van der Waals surface area contributed by atoms with Crippen molar-refractivity contribution in [3.8, 4) is 40.1 Å². The number of benzene rings is 2. The molecule has 0 aliphatic rings. The molecule has 3 rings (SSSR count). The Kier molecular flexibility index (Phi) is 5.57. The summed E-state index contributed by atoms with van der Waals surface area (Å²) in [6.07, 6.45) is 0. The minimum atomic E-state index is -0.534. The van der Waals surface area contributed by atoms with Gasteiger partial charge in [0.25, 0.3) is 0 Å². The van der Waals surface area contributed by atoms with Gasteiger partial charge in [0.15, 0.2) is 17.3 Å². The molecule has 3 aromatic rings. The Morgan fingerprint density at radius 1 is 0.833 bits per heavy atom. The highest BCUT2D eigenvalue weighted by Gasteiger charge is 2.24. The van der Waals surface area contributed by atoms with Crippen LogP contribution in [0, 0.1) is 0 Å². The maximum absolute atomic E-state index is 13.0. The first kappa shape index (κ1) is 21.4. The van der Waals surface area contributed by atoms with Crippen molar-refractivity contribution in [3.05, 3.63) is 40.1 Å². The fraction of sp³-hybridized carbons (Fsp3) is 0.348. The van der Waals surface area contributed by atoms with Crippen LogP contribution in [0.15, 0.2) is 33.5 Å². The summed E-state index contributed by atoms with van der Waals surface area (Å²) >= 11 is 0. The number of ether oxygens (including phenoxy) is 4. The minimum Gasteiger partial charge on any atom is -0.502 e. The monoisotopic (exact) mass is 414 g/mol. The van der Waals surface area contributed by atoms with Crippen molar-refractivity contribution in [2.45, 2.75) is 26.2 Å². The van der Waals surface area contributed by atoms with E-state index in [2.05, 4.69) is 0 Å². The highest BCUT2D eigenvalue weighted by Crippen LogP contribution is 2.43. The number of rotatable bonds is 5. The van der Waals surface area contributed by atoms with Crippen molar-refractivity contribution in [1.29, 1.82) is 0 Å². The fourth-order valence-corrected chi connectivity index (χ4v) is 3.37. The summed E-state index contributed by atoms with van der Waals surface area (Å²) in [6.45, 7) is 6.05. The van der Waals surface area contributed by atoms with E-state index in [0.29, 0.717) is 34.1 Å². The molecule has 0 saturated carbocycles. The van der Waals surface area contributed by atoms with Crippen LogP contribution in [0.25, 0.3) is 22.3 Å². The van der Waals surface area contributed by atoms with Crippen LogP contribution in [0.4, 0.5) is 0 Å². The zero-order valence-corrected chi connectivity index (χ0v) is 18.2. The first-order valence-electron chi connectivity index (χ1n) is 9.34. The van der Waals surface area contributed by atoms with Crippen LogP contribution in [0.3, 0.4) is 0 Å². The molecule has 0 bridgehead atoms. The van der Waals surface area contributed by atoms with Crippen molar-refractivity contribution >= 4 is 11.0 Å². The average Bonchev–Trinajstić information content (AvgIpc) is 2.73. The summed E-state index contributed by atoms with van der Waals surface area (Å²) in [6, 6.07) is 6.58. The number of aromatic hydroxyl groups is 1. The molecule has 2 aromatic carbocycles. The number of hydrogen-bond acceptors (Lipinski definition) is 7. The Labute approximate surface area is 174 Å². The Balaban J connectivity index is 2.34. The van der Waals surface area contributed by atoms with Gasteiger partial charge in [-0.25, -0.2) is 0 Å². The lowest BCUT2D eigenvalue weighted by atomic mass is 9.85. The summed E-state index contributed by atoms with van der Waals surface area (Å²) in [5.41, 5.74) is 0.737. The largest absolute Gasteiger partial charge is 0.502 e. The molecule has 1 N–H and O–H groups in total. The molecule has 0 unspecified atom stereocenters. The van der Waals surface area contributed by atoms with Gasteiger partial charge in [0.05, 0.1) is 33.8 Å². The van der Waals surface area contributed by atoms with Gasteiger partial charge in [-0.1, -0.05) is 20.8 Å². The quantitative estimate of drug-likeness (QED) is 0.658. The maximum atomic E-state index is 13.0. The zero-order chi connectivity index (χ0) is 22.2. The summed E-state index contributed by atoms with van der Waals surface area (Å²) < 4.78 is 27.5. The number of fused-ring (bicyclic) bond motifs is 1. The molecule has 160 valence electrons. The first-order chi connectivity index (χ1) is 14.2. The van der Waals surface area contributed by atoms with Crippen molar-refractivity contribution in [3.63, 3.8) is 0 Å². The van der Waals surface area contributed by atoms with Crippen molar-refractivity contribution in [2.75, 3.05) is 28.4 Å². The highest BCUT2D eigenvalue weighted by atomic mass is 16.5. The van der Waals surface area contributed by atoms with E-state index in [1.54, 1.807) is 31.4 Å². The Morgan fingerprint density at radius 2 is 1.40 bits per heavy atom. The lowest BCUT2D eigenvalue weighted by Crippen LogP contribution is -2.14. The third-order valence-electron chi connectivity index (χ3n) is 4.92. The zero-order valence-electron chi connectivity index (χ0n) is 18.2. The van der Waals surface area contributed by atoms with Gasteiger partial charge in [0.2, 0.25) is 16.9 Å². The molecule has 7 heteroatoms. The lowest BCUT2D eigenvalue weighted by molar-refractivity contribution is 0.324. The molecule has 0 amide bonds. The van der Waals surface area contributed by atoms with E-state index in [4.69, 9.17) is 23.4 Å². The van der Waals surface area contributed by atoms with Crippen LogP contribution >= 0.6 is 0 Å². The van der Waals surface area contributed by atoms with E-state index in [1.807, 2.05) is 20.8 Å². The minimum absolute atomic E-state index is 0.00249. The van der Waals surface area contributed by atoms with Crippen LogP contribution in [0.2, 0.25) is 0 Å². The molecule has 0 saturated heterocycles. The molecule has 30 heavy (non-hydrogen) atoms. The third-order valence-corrected chi connectivity index (χ3v) is 4.92. The molecule has 0 fully saturated rings. The molecule has 1 heterocycles. The second-order valence-corrected chi connectivity index (χ2v) is 7.82. The van der Waals surface area contributed by atoms with Crippen LogP contribution in [0.5, 0.6) is 28.7 Å². The second-order valence-electron chi connectivity index (χ2n) is 7.82. The molecule has 0 radical (unpaired) electrons. The van der Waals surface area contributed by atoms with E-state index in [9.17, 15) is 9.90 Å². The van der Waals surface area contributed by atoms with Crippen molar-refractivity contribution in [1.82, 2.24) is 0 Å². The highest BCUT2D eigenvalue weighted by molar-refractivity contribution is 5.85. The van der Waals surface area contributed by atoms with Gasteiger partial charge >= 0.3 is 0 Å². The Bertz CT molecular complexity index is 1130. The molecule has 7 nitrogen and oxygen atoms in total. The lowest BCUT2D eigenvalue weighted by Gasteiger charge is -2.22. The molecule has 0 aliphatic carbocycles. The first-order valence-corrected chi connectivity index (χ1v) is 9.34. The smallest absolute Gasteiger partial charge is 0.235 e. The van der Waals surface area contributed by atoms with Crippen LogP contribution in [-0.2, 0) is 5.41 Å². The topological polar surface area (TPSA) is 87.4 Å². The second kappa shape index (κ2) is 7.82. The summed E-state index contributed by atoms with van der Waals surface area (Å²) in [4.78, 5) is 13.0. The standard InChI is InChI=1S/C23H26O7/c1-23(2,3)14-10-13-15(11-16(14)26-4)30-21(20(25)19(13)24)12-8-17(27-5)22(29-7)18(9-12)28-6/h8-11,25H,1-7H3. The van der Waals surface area contributed by atoms with Crippen LogP contribution in [-0.4, -0.2) is 33.5 Å². The van der Waals surface area contributed by atoms with E-state index in [0.717, 1.165) is 5.56 Å². The molecular weight excluding hydrogens is 388 g/mol. The van der Waals surface area contributed by atoms with Crippen LogP contribution < -0.4 is 24.4 Å². The van der Waals surface area contributed by atoms with Gasteiger partial charge in [-0.3, -0.25) is 4.79 Å². The van der Waals surface area contributed by atoms with Gasteiger partial charge in [0, 0.05) is 17.2 Å². The predicted molar refractivity (Wildman–Crippen MR) is 114 cm³/mol. The van der Waals surface area contributed by atoms with Gasteiger partial charge in [-0.15, -0.1) is 0 Å². The third kappa shape index (κ3) is 3.51. The van der Waals surface area contributed by atoms with Gasteiger partial charge in [-0.2, -0.15) is 0 Å². The maximum Gasteiger partial charge on any atom is 0.235 e. The summed E-state index contributed by atoms with van der Waals surface area (Å²) in [5.74, 6) is 1.23. The summed E-state index contributed by atoms with van der Waals surface area (Å²) in [7, 11) is 6.02. The molecule has 0 spiro atoms. The predicted octanol–water partition coefficient (Wildman–Crippen LogP) is 4.50. The van der Waals surface area contributed by atoms with Crippen molar-refractivity contribution in [2.24, 2.45) is 0 Å². The Morgan fingerprint density at radius 3 is 1.87 bits per heavy atom. The van der Waals surface area contributed by atoms with E-state index < -0.39 is 11.2 Å². The van der Waals surface area contributed by atoms with Crippen LogP contribution in [0.1, 0.15) is 26.3 Å².